The van der Waals surface area contributed by atoms with Crippen LogP contribution in [0.4, 0.5) is 0 Å². The molecule has 0 saturated heterocycles. The van der Waals surface area contributed by atoms with Crippen LogP contribution in [0.1, 0.15) is 16.6 Å². The van der Waals surface area contributed by atoms with Gasteiger partial charge in [0.05, 0.1) is 17.8 Å². The molecule has 1 aromatic heterocycles. The van der Waals surface area contributed by atoms with Crippen molar-refractivity contribution in [3.63, 3.8) is 0 Å². The van der Waals surface area contributed by atoms with E-state index >= 15 is 0 Å². The molecule has 1 aromatic rings. The standard InChI is InChI=1S/C9H15N3O2S/c1-7(13)4-10-2-3-12-9(14)8-5-11-6-15-8/h5-7,10,13H,2-4H2,1H3,(H,12,14). The van der Waals surface area contributed by atoms with Gasteiger partial charge in [-0.2, -0.15) is 0 Å². The van der Waals surface area contributed by atoms with Gasteiger partial charge in [-0.25, -0.2) is 0 Å². The average Bonchev–Trinajstić information content (AvgIpc) is 2.69. The van der Waals surface area contributed by atoms with Gasteiger partial charge in [-0.05, 0) is 6.92 Å². The number of hydrogen-bond donors (Lipinski definition) is 3. The smallest absolute Gasteiger partial charge is 0.263 e. The fraction of sp³-hybridized carbons (Fsp3) is 0.556. The molecule has 0 aromatic carbocycles. The summed E-state index contributed by atoms with van der Waals surface area (Å²) in [5.74, 6) is -0.101. The molecule has 1 rings (SSSR count). The second kappa shape index (κ2) is 6.49. The second-order valence-electron chi connectivity index (χ2n) is 3.17. The first-order chi connectivity index (χ1) is 7.20. The summed E-state index contributed by atoms with van der Waals surface area (Å²) in [5.41, 5.74) is 1.63. The number of carbonyl (C=O) groups is 1. The zero-order valence-corrected chi connectivity index (χ0v) is 9.38. The van der Waals surface area contributed by atoms with E-state index in [0.29, 0.717) is 24.5 Å². The maximum absolute atomic E-state index is 11.4. The van der Waals surface area contributed by atoms with Crippen molar-refractivity contribution in [2.45, 2.75) is 13.0 Å². The molecular formula is C9H15N3O2S. The normalized spacial score (nSPS) is 12.4. The summed E-state index contributed by atoms with van der Waals surface area (Å²) in [7, 11) is 0. The van der Waals surface area contributed by atoms with Crippen molar-refractivity contribution >= 4 is 17.2 Å². The van der Waals surface area contributed by atoms with Crippen molar-refractivity contribution in [1.29, 1.82) is 0 Å². The third kappa shape index (κ3) is 4.87. The van der Waals surface area contributed by atoms with E-state index in [4.69, 9.17) is 5.11 Å². The lowest BCUT2D eigenvalue weighted by atomic mass is 10.4. The van der Waals surface area contributed by atoms with Crippen LogP contribution in [0.5, 0.6) is 0 Å². The summed E-state index contributed by atoms with van der Waals surface area (Å²) in [6, 6.07) is 0. The van der Waals surface area contributed by atoms with Gasteiger partial charge in [-0.3, -0.25) is 9.78 Å². The zero-order valence-electron chi connectivity index (χ0n) is 8.56. The number of aliphatic hydroxyl groups is 1. The van der Waals surface area contributed by atoms with Gasteiger partial charge in [0.15, 0.2) is 0 Å². The minimum Gasteiger partial charge on any atom is -0.392 e. The van der Waals surface area contributed by atoms with Crippen LogP contribution >= 0.6 is 11.3 Å². The molecule has 0 spiro atoms. The van der Waals surface area contributed by atoms with Crippen LogP contribution in [0, 0.1) is 0 Å². The zero-order chi connectivity index (χ0) is 11.1. The fourth-order valence-electron chi connectivity index (χ4n) is 0.990. The molecule has 84 valence electrons. The number of nitrogens with zero attached hydrogens (tertiary/aromatic N) is 1. The van der Waals surface area contributed by atoms with E-state index in [1.54, 1.807) is 18.6 Å². The summed E-state index contributed by atoms with van der Waals surface area (Å²) in [6.07, 6.45) is 1.19. The summed E-state index contributed by atoms with van der Waals surface area (Å²) < 4.78 is 0. The minimum absolute atomic E-state index is 0.101. The van der Waals surface area contributed by atoms with Crippen molar-refractivity contribution in [2.24, 2.45) is 0 Å². The Hall–Kier alpha value is -0.980. The number of rotatable bonds is 6. The predicted molar refractivity (Wildman–Crippen MR) is 59.0 cm³/mol. The summed E-state index contributed by atoms with van der Waals surface area (Å²) in [6.45, 7) is 3.44. The lowest BCUT2D eigenvalue weighted by Gasteiger charge is -2.07. The van der Waals surface area contributed by atoms with Crippen LogP contribution in [0.2, 0.25) is 0 Å². The van der Waals surface area contributed by atoms with E-state index in [9.17, 15) is 4.79 Å². The van der Waals surface area contributed by atoms with E-state index in [-0.39, 0.29) is 12.0 Å². The molecule has 0 fully saturated rings. The summed E-state index contributed by atoms with van der Waals surface area (Å²) >= 11 is 1.32. The molecule has 15 heavy (non-hydrogen) atoms. The van der Waals surface area contributed by atoms with Crippen LogP contribution in [-0.2, 0) is 0 Å². The van der Waals surface area contributed by atoms with Crippen molar-refractivity contribution in [1.82, 2.24) is 15.6 Å². The second-order valence-corrected chi connectivity index (χ2v) is 4.06. The maximum atomic E-state index is 11.4. The Morgan fingerprint density at radius 2 is 2.47 bits per heavy atom. The first-order valence-corrected chi connectivity index (χ1v) is 5.63. The van der Waals surface area contributed by atoms with Crippen LogP contribution in [0.15, 0.2) is 11.7 Å². The van der Waals surface area contributed by atoms with Crippen LogP contribution in [-0.4, -0.2) is 41.7 Å². The third-order valence-electron chi connectivity index (χ3n) is 1.68. The number of thiazole rings is 1. The molecule has 1 atom stereocenters. The van der Waals surface area contributed by atoms with Crippen LogP contribution in [0.3, 0.4) is 0 Å². The number of aliphatic hydroxyl groups excluding tert-OH is 1. The molecule has 0 aliphatic rings. The number of nitrogens with one attached hydrogen (secondary N) is 2. The van der Waals surface area contributed by atoms with Gasteiger partial charge >= 0.3 is 0 Å². The molecule has 0 radical (unpaired) electrons. The number of amides is 1. The van der Waals surface area contributed by atoms with Crippen LogP contribution < -0.4 is 10.6 Å². The molecular weight excluding hydrogens is 214 g/mol. The molecule has 0 bridgehead atoms. The molecule has 3 N–H and O–H groups in total. The van der Waals surface area contributed by atoms with Gasteiger partial charge in [-0.1, -0.05) is 0 Å². The number of carbonyl (C=O) groups excluding carboxylic acids is 1. The number of hydrogen-bond acceptors (Lipinski definition) is 5. The number of aromatic nitrogens is 1. The van der Waals surface area contributed by atoms with Crippen molar-refractivity contribution in [2.75, 3.05) is 19.6 Å². The highest BCUT2D eigenvalue weighted by Crippen LogP contribution is 2.03. The molecule has 1 heterocycles. The first kappa shape index (κ1) is 12.1. The van der Waals surface area contributed by atoms with E-state index in [2.05, 4.69) is 15.6 Å². The fourth-order valence-corrected chi connectivity index (χ4v) is 1.53. The van der Waals surface area contributed by atoms with E-state index in [1.165, 1.54) is 11.3 Å². The first-order valence-electron chi connectivity index (χ1n) is 4.75. The van der Waals surface area contributed by atoms with E-state index in [1.807, 2.05) is 0 Å². The Morgan fingerprint density at radius 1 is 1.67 bits per heavy atom. The Balaban J connectivity index is 2.08. The lowest BCUT2D eigenvalue weighted by molar-refractivity contribution is 0.0957. The van der Waals surface area contributed by atoms with Crippen LogP contribution in [0.25, 0.3) is 0 Å². The van der Waals surface area contributed by atoms with Crippen molar-refractivity contribution < 1.29 is 9.90 Å². The average molecular weight is 229 g/mol. The molecule has 5 nitrogen and oxygen atoms in total. The molecule has 0 saturated carbocycles. The molecule has 0 aliphatic carbocycles. The van der Waals surface area contributed by atoms with Gasteiger partial charge in [-0.15, -0.1) is 11.3 Å². The van der Waals surface area contributed by atoms with E-state index < -0.39 is 0 Å². The summed E-state index contributed by atoms with van der Waals surface area (Å²) in [4.78, 5) is 15.8. The molecule has 0 aliphatic heterocycles. The topological polar surface area (TPSA) is 74.2 Å². The third-order valence-corrected chi connectivity index (χ3v) is 2.46. The van der Waals surface area contributed by atoms with Gasteiger partial charge in [0.2, 0.25) is 0 Å². The Morgan fingerprint density at radius 3 is 3.07 bits per heavy atom. The predicted octanol–water partition coefficient (Wildman–Crippen LogP) is -0.157. The Bertz CT molecular complexity index is 288. The Labute approximate surface area is 92.5 Å². The monoisotopic (exact) mass is 229 g/mol. The van der Waals surface area contributed by atoms with Gasteiger partial charge in [0, 0.05) is 19.6 Å². The summed E-state index contributed by atoms with van der Waals surface area (Å²) in [5, 5.41) is 14.7. The molecule has 1 amide bonds. The van der Waals surface area contributed by atoms with Crippen molar-refractivity contribution in [3.8, 4) is 0 Å². The van der Waals surface area contributed by atoms with E-state index in [0.717, 1.165) is 0 Å². The van der Waals surface area contributed by atoms with Gasteiger partial charge in [0.25, 0.3) is 5.91 Å². The van der Waals surface area contributed by atoms with Gasteiger partial charge in [0.1, 0.15) is 4.88 Å². The SMILES string of the molecule is CC(O)CNCCNC(=O)c1cncs1. The highest BCUT2D eigenvalue weighted by atomic mass is 32.1. The lowest BCUT2D eigenvalue weighted by Crippen LogP contribution is -2.34. The van der Waals surface area contributed by atoms with Gasteiger partial charge < -0.3 is 15.7 Å². The molecule has 1 unspecified atom stereocenters. The Kier molecular flexibility index (Phi) is 5.23. The largest absolute Gasteiger partial charge is 0.392 e. The maximum Gasteiger partial charge on any atom is 0.263 e. The van der Waals surface area contributed by atoms with Crippen molar-refractivity contribution in [3.05, 3.63) is 16.6 Å². The highest BCUT2D eigenvalue weighted by Gasteiger charge is 2.05. The molecule has 6 heteroatoms. The quantitative estimate of drug-likeness (QED) is 0.593. The highest BCUT2D eigenvalue weighted by molar-refractivity contribution is 7.11. The minimum atomic E-state index is -0.359.